The van der Waals surface area contributed by atoms with E-state index in [-0.39, 0.29) is 0 Å². The van der Waals surface area contributed by atoms with E-state index in [1.807, 2.05) is 30.3 Å². The average molecular weight is 198 g/mol. The van der Waals surface area contributed by atoms with E-state index in [2.05, 4.69) is 13.8 Å². The molecule has 1 aromatic carbocycles. The second-order valence-corrected chi connectivity index (χ2v) is 4.62. The van der Waals surface area contributed by atoms with Crippen LogP contribution in [0.25, 0.3) is 0 Å². The molecule has 0 heterocycles. The van der Waals surface area contributed by atoms with Crippen LogP contribution in [0, 0.1) is 5.92 Å². The number of hydrogen-bond donors (Lipinski definition) is 1. The monoisotopic (exact) mass is 198 g/mol. The summed E-state index contributed by atoms with van der Waals surface area (Å²) >= 11 is 0. The summed E-state index contributed by atoms with van der Waals surface area (Å²) in [5, 5.41) is 0.873. The van der Waals surface area contributed by atoms with Gasteiger partial charge in [-0.05, 0) is 18.1 Å². The van der Waals surface area contributed by atoms with Gasteiger partial charge >= 0.3 is 0 Å². The lowest BCUT2D eigenvalue weighted by atomic mass is 10.2. The highest BCUT2D eigenvalue weighted by atomic mass is 31.2. The van der Waals surface area contributed by atoms with Crippen LogP contribution in [0.3, 0.4) is 0 Å². The van der Waals surface area contributed by atoms with Crippen molar-refractivity contribution >= 4 is 13.7 Å². The Morgan fingerprint density at radius 3 is 2.46 bits per heavy atom. The van der Waals surface area contributed by atoms with Crippen molar-refractivity contribution in [1.82, 2.24) is 0 Å². The Balaban J connectivity index is 2.44. The molecule has 0 aliphatic heterocycles. The minimum atomic E-state index is -1.41. The molecule has 0 spiro atoms. The van der Waals surface area contributed by atoms with Gasteiger partial charge < -0.3 is 9.42 Å². The fraction of sp³-hybridized carbons (Fsp3) is 0.400. The molecule has 0 aliphatic rings. The van der Waals surface area contributed by atoms with Crippen molar-refractivity contribution in [3.05, 3.63) is 30.3 Å². The van der Waals surface area contributed by atoms with Crippen LogP contribution in [0.5, 0.6) is 0 Å². The van der Waals surface area contributed by atoms with Gasteiger partial charge in [0.1, 0.15) is 0 Å². The van der Waals surface area contributed by atoms with E-state index in [9.17, 15) is 4.89 Å². The molecule has 1 rings (SSSR count). The van der Waals surface area contributed by atoms with Crippen molar-refractivity contribution in [3.63, 3.8) is 0 Å². The lowest BCUT2D eigenvalue weighted by Gasteiger charge is -2.12. The molecule has 0 bridgehead atoms. The molecule has 13 heavy (non-hydrogen) atoms. The van der Waals surface area contributed by atoms with E-state index >= 15 is 0 Å². The fourth-order valence-corrected chi connectivity index (χ4v) is 1.87. The normalized spacial score (nSPS) is 13.2. The van der Waals surface area contributed by atoms with Crippen LogP contribution in [-0.2, 0) is 4.52 Å². The van der Waals surface area contributed by atoms with Gasteiger partial charge in [-0.15, -0.1) is 0 Å². The highest BCUT2D eigenvalue weighted by molar-refractivity contribution is 7.55. The molecule has 0 amide bonds. The maximum absolute atomic E-state index is 9.61. The first kappa shape index (κ1) is 10.6. The number of rotatable bonds is 4. The summed E-state index contributed by atoms with van der Waals surface area (Å²) in [6, 6.07) is 9.49. The van der Waals surface area contributed by atoms with Crippen molar-refractivity contribution in [2.45, 2.75) is 13.8 Å². The van der Waals surface area contributed by atoms with Gasteiger partial charge in [0.2, 0.25) is 8.38 Å². The zero-order valence-corrected chi connectivity index (χ0v) is 8.87. The van der Waals surface area contributed by atoms with Gasteiger partial charge in [0.05, 0.1) is 6.61 Å². The SMILES string of the molecule is CC(C)COP(O)c1ccccc1. The lowest BCUT2D eigenvalue weighted by molar-refractivity contribution is 0.273. The Hall–Kier alpha value is -0.430. The molecule has 0 saturated heterocycles. The molecule has 1 N–H and O–H groups in total. The molecular formula is C10H15O2P. The predicted molar refractivity (Wildman–Crippen MR) is 56.0 cm³/mol. The Bertz CT molecular complexity index is 236. The van der Waals surface area contributed by atoms with Crippen LogP contribution in [0.4, 0.5) is 0 Å². The minimum Gasteiger partial charge on any atom is -0.346 e. The van der Waals surface area contributed by atoms with Crippen LogP contribution in [0.2, 0.25) is 0 Å². The van der Waals surface area contributed by atoms with Crippen molar-refractivity contribution in [3.8, 4) is 0 Å². The second kappa shape index (κ2) is 5.33. The molecule has 0 fully saturated rings. The fourth-order valence-electron chi connectivity index (χ4n) is 0.850. The minimum absolute atomic E-state index is 0.459. The standard InChI is InChI=1S/C10H15O2P/c1-9(2)8-12-13(11)10-6-4-3-5-7-10/h3-7,9,11H,8H2,1-2H3. The summed E-state index contributed by atoms with van der Waals surface area (Å²) in [6.45, 7) is 4.74. The average Bonchev–Trinajstić information content (AvgIpc) is 2.15. The van der Waals surface area contributed by atoms with Gasteiger partial charge in [-0.25, -0.2) is 0 Å². The summed E-state index contributed by atoms with van der Waals surface area (Å²) in [5.41, 5.74) is 0. The summed E-state index contributed by atoms with van der Waals surface area (Å²) in [5.74, 6) is 0.459. The zero-order valence-electron chi connectivity index (χ0n) is 7.97. The molecule has 0 saturated carbocycles. The van der Waals surface area contributed by atoms with Crippen LogP contribution in [0.1, 0.15) is 13.8 Å². The third kappa shape index (κ3) is 3.86. The molecule has 0 aromatic heterocycles. The first-order chi connectivity index (χ1) is 6.20. The van der Waals surface area contributed by atoms with E-state index in [4.69, 9.17) is 4.52 Å². The third-order valence-corrected chi connectivity index (χ3v) is 2.64. The topological polar surface area (TPSA) is 29.5 Å². The highest BCUT2D eigenvalue weighted by Crippen LogP contribution is 2.30. The Labute approximate surface area is 80.5 Å². The smallest absolute Gasteiger partial charge is 0.202 e. The molecule has 1 atom stereocenters. The van der Waals surface area contributed by atoms with Crippen molar-refractivity contribution < 1.29 is 9.42 Å². The molecule has 72 valence electrons. The van der Waals surface area contributed by atoms with Crippen LogP contribution >= 0.6 is 8.38 Å². The van der Waals surface area contributed by atoms with E-state index in [0.717, 1.165) is 5.30 Å². The largest absolute Gasteiger partial charge is 0.346 e. The molecule has 0 radical (unpaired) electrons. The molecule has 1 aromatic rings. The highest BCUT2D eigenvalue weighted by Gasteiger charge is 2.08. The van der Waals surface area contributed by atoms with Gasteiger partial charge in [0.25, 0.3) is 0 Å². The Morgan fingerprint density at radius 2 is 1.92 bits per heavy atom. The Kier molecular flexibility index (Phi) is 4.37. The first-order valence-corrected chi connectivity index (χ1v) is 5.58. The molecule has 3 heteroatoms. The summed E-state index contributed by atoms with van der Waals surface area (Å²) in [4.78, 5) is 9.61. The zero-order chi connectivity index (χ0) is 9.68. The summed E-state index contributed by atoms with van der Waals surface area (Å²) in [6.07, 6.45) is 0. The van der Waals surface area contributed by atoms with E-state index in [0.29, 0.717) is 12.5 Å². The number of benzene rings is 1. The predicted octanol–water partition coefficient (Wildman–Crippen LogP) is 2.29. The molecule has 0 aliphatic carbocycles. The first-order valence-electron chi connectivity index (χ1n) is 4.37. The summed E-state index contributed by atoms with van der Waals surface area (Å²) < 4.78 is 5.31. The third-order valence-electron chi connectivity index (χ3n) is 1.51. The van der Waals surface area contributed by atoms with Gasteiger partial charge in [0, 0.05) is 5.30 Å². The van der Waals surface area contributed by atoms with Gasteiger partial charge in [-0.1, -0.05) is 32.0 Å². The molecular weight excluding hydrogens is 183 g/mol. The van der Waals surface area contributed by atoms with Crippen molar-refractivity contribution in [1.29, 1.82) is 0 Å². The van der Waals surface area contributed by atoms with Crippen LogP contribution < -0.4 is 5.30 Å². The van der Waals surface area contributed by atoms with E-state index < -0.39 is 8.38 Å². The van der Waals surface area contributed by atoms with E-state index in [1.165, 1.54) is 0 Å². The maximum atomic E-state index is 9.61. The quantitative estimate of drug-likeness (QED) is 0.752. The van der Waals surface area contributed by atoms with Gasteiger partial charge in [-0.2, -0.15) is 0 Å². The summed E-state index contributed by atoms with van der Waals surface area (Å²) in [7, 11) is -1.41. The lowest BCUT2D eigenvalue weighted by Crippen LogP contribution is -2.05. The van der Waals surface area contributed by atoms with Crippen molar-refractivity contribution in [2.75, 3.05) is 6.61 Å². The molecule has 1 unspecified atom stereocenters. The molecule has 2 nitrogen and oxygen atoms in total. The van der Waals surface area contributed by atoms with E-state index in [1.54, 1.807) is 0 Å². The van der Waals surface area contributed by atoms with Gasteiger partial charge in [0.15, 0.2) is 0 Å². The maximum Gasteiger partial charge on any atom is 0.202 e. The van der Waals surface area contributed by atoms with Gasteiger partial charge in [-0.3, -0.25) is 0 Å². The Morgan fingerprint density at radius 1 is 1.31 bits per heavy atom. The van der Waals surface area contributed by atoms with Crippen LogP contribution in [-0.4, -0.2) is 11.5 Å². The second-order valence-electron chi connectivity index (χ2n) is 3.30. The van der Waals surface area contributed by atoms with Crippen molar-refractivity contribution in [2.24, 2.45) is 5.92 Å². The van der Waals surface area contributed by atoms with Crippen LogP contribution in [0.15, 0.2) is 30.3 Å². The number of hydrogen-bond acceptors (Lipinski definition) is 2.